The van der Waals surface area contributed by atoms with Gasteiger partial charge < -0.3 is 5.73 Å². The molecule has 0 aliphatic rings. The fourth-order valence-electron chi connectivity index (χ4n) is 1.30. The maximum atomic E-state index is 5.88. The van der Waals surface area contributed by atoms with Gasteiger partial charge >= 0.3 is 0 Å². The highest BCUT2D eigenvalue weighted by molar-refractivity contribution is 9.10. The van der Waals surface area contributed by atoms with Crippen LogP contribution in [0.1, 0.15) is 39.3 Å². The van der Waals surface area contributed by atoms with Crippen molar-refractivity contribution in [2.45, 2.75) is 43.9 Å². The molecule has 16 heavy (non-hydrogen) atoms. The lowest BCUT2D eigenvalue weighted by Crippen LogP contribution is -2.07. The molecule has 1 nitrogen and oxygen atoms in total. The zero-order valence-electron chi connectivity index (χ0n) is 10.3. The van der Waals surface area contributed by atoms with Gasteiger partial charge in [-0.15, -0.1) is 11.8 Å². The molecule has 1 aromatic carbocycles. The molecule has 2 atom stereocenters. The Balaban J connectivity index is 2.81. The maximum Gasteiger partial charge on any atom is 0.0277 e. The Hall–Kier alpha value is 0.01000. The van der Waals surface area contributed by atoms with Gasteiger partial charge in [-0.2, -0.15) is 0 Å². The molecule has 0 aromatic heterocycles. The molecule has 0 aliphatic carbocycles. The van der Waals surface area contributed by atoms with E-state index >= 15 is 0 Å². The largest absolute Gasteiger partial charge is 0.324 e. The highest BCUT2D eigenvalue weighted by Gasteiger charge is 2.11. The lowest BCUT2D eigenvalue weighted by Gasteiger charge is -2.16. The second-order valence-electron chi connectivity index (χ2n) is 4.54. The molecule has 0 heterocycles. The van der Waals surface area contributed by atoms with Crippen LogP contribution in [0, 0.1) is 5.92 Å². The zero-order valence-corrected chi connectivity index (χ0v) is 12.7. The minimum Gasteiger partial charge on any atom is -0.324 e. The number of benzene rings is 1. The van der Waals surface area contributed by atoms with Crippen LogP contribution in [0.2, 0.25) is 0 Å². The molecule has 90 valence electrons. The van der Waals surface area contributed by atoms with Crippen molar-refractivity contribution in [3.63, 3.8) is 0 Å². The molecule has 1 aromatic rings. The van der Waals surface area contributed by atoms with Gasteiger partial charge in [0.2, 0.25) is 0 Å². The van der Waals surface area contributed by atoms with Crippen molar-refractivity contribution in [3.8, 4) is 0 Å². The maximum absolute atomic E-state index is 5.88. The minimum atomic E-state index is 0.0796. The van der Waals surface area contributed by atoms with Crippen LogP contribution >= 0.6 is 27.7 Å². The monoisotopic (exact) mass is 301 g/mol. The molecule has 0 bridgehead atoms. The molecule has 1 rings (SSSR count). The van der Waals surface area contributed by atoms with E-state index in [1.165, 1.54) is 10.5 Å². The standard InChI is InChI=1S/C13H20BrNS/c1-8(2)10(4)16-11-5-6-12(9(3)15)13(14)7-11/h5-10H,15H2,1-4H3/t9-,10?/m1/s1. The summed E-state index contributed by atoms with van der Waals surface area (Å²) in [6.45, 7) is 8.78. The average Bonchev–Trinajstić information content (AvgIpc) is 2.16. The highest BCUT2D eigenvalue weighted by atomic mass is 79.9. The molecule has 1 unspecified atom stereocenters. The summed E-state index contributed by atoms with van der Waals surface area (Å²) in [6, 6.07) is 6.52. The predicted octanol–water partition coefficient (Wildman–Crippen LogP) is 4.61. The minimum absolute atomic E-state index is 0.0796. The molecule has 2 N–H and O–H groups in total. The normalized spacial score (nSPS) is 15.2. The van der Waals surface area contributed by atoms with Gasteiger partial charge in [0.1, 0.15) is 0 Å². The fraction of sp³-hybridized carbons (Fsp3) is 0.538. The molecular weight excluding hydrogens is 282 g/mol. The Morgan fingerprint density at radius 3 is 2.25 bits per heavy atom. The molecule has 0 saturated carbocycles. The molecular formula is C13H20BrNS. The van der Waals surface area contributed by atoms with Gasteiger partial charge in [0.05, 0.1) is 0 Å². The summed E-state index contributed by atoms with van der Waals surface area (Å²) in [5, 5.41) is 0.632. The molecule has 0 aliphatic heterocycles. The van der Waals surface area contributed by atoms with Crippen LogP contribution in [-0.2, 0) is 0 Å². The van der Waals surface area contributed by atoms with E-state index in [9.17, 15) is 0 Å². The Morgan fingerprint density at radius 2 is 1.81 bits per heavy atom. The van der Waals surface area contributed by atoms with Crippen molar-refractivity contribution in [2.75, 3.05) is 0 Å². The summed E-state index contributed by atoms with van der Waals surface area (Å²) in [5.41, 5.74) is 7.05. The van der Waals surface area contributed by atoms with Crippen LogP contribution < -0.4 is 5.73 Å². The van der Waals surface area contributed by atoms with Crippen LogP contribution in [0.3, 0.4) is 0 Å². The van der Waals surface area contributed by atoms with Crippen LogP contribution in [0.4, 0.5) is 0 Å². The van der Waals surface area contributed by atoms with Crippen molar-refractivity contribution in [3.05, 3.63) is 28.2 Å². The number of hydrogen-bond acceptors (Lipinski definition) is 2. The SMILES string of the molecule is CC(C)C(C)Sc1ccc([C@@H](C)N)c(Br)c1. The van der Waals surface area contributed by atoms with Crippen LogP contribution in [0.25, 0.3) is 0 Å². The smallest absolute Gasteiger partial charge is 0.0277 e. The Labute approximate surface area is 111 Å². The van der Waals surface area contributed by atoms with E-state index in [-0.39, 0.29) is 6.04 Å². The third-order valence-corrected chi connectivity index (χ3v) is 4.85. The second-order valence-corrected chi connectivity index (χ2v) is 6.84. The van der Waals surface area contributed by atoms with Crippen LogP contribution in [0.15, 0.2) is 27.6 Å². The Kier molecular flexibility index (Phi) is 5.35. The van der Waals surface area contributed by atoms with E-state index in [1.807, 2.05) is 18.7 Å². The average molecular weight is 302 g/mol. The van der Waals surface area contributed by atoms with Crippen molar-refractivity contribution in [2.24, 2.45) is 11.7 Å². The summed E-state index contributed by atoms with van der Waals surface area (Å²) >= 11 is 5.50. The molecule has 3 heteroatoms. The van der Waals surface area contributed by atoms with Gasteiger partial charge in [-0.05, 0) is 30.5 Å². The van der Waals surface area contributed by atoms with E-state index in [0.717, 1.165) is 4.47 Å². The second kappa shape index (κ2) is 6.08. The van der Waals surface area contributed by atoms with E-state index in [4.69, 9.17) is 5.73 Å². The van der Waals surface area contributed by atoms with Crippen molar-refractivity contribution < 1.29 is 0 Å². The lowest BCUT2D eigenvalue weighted by molar-refractivity contribution is 0.642. The van der Waals surface area contributed by atoms with Gasteiger partial charge in [-0.25, -0.2) is 0 Å². The summed E-state index contributed by atoms with van der Waals surface area (Å²) in [7, 11) is 0. The summed E-state index contributed by atoms with van der Waals surface area (Å²) in [6.07, 6.45) is 0. The summed E-state index contributed by atoms with van der Waals surface area (Å²) in [4.78, 5) is 1.30. The van der Waals surface area contributed by atoms with Crippen LogP contribution in [0.5, 0.6) is 0 Å². The summed E-state index contributed by atoms with van der Waals surface area (Å²) < 4.78 is 1.11. The van der Waals surface area contributed by atoms with E-state index < -0.39 is 0 Å². The fourth-order valence-corrected chi connectivity index (χ4v) is 3.23. The molecule has 0 saturated heterocycles. The molecule has 0 radical (unpaired) electrons. The Morgan fingerprint density at radius 1 is 1.19 bits per heavy atom. The lowest BCUT2D eigenvalue weighted by atomic mass is 10.1. The van der Waals surface area contributed by atoms with E-state index in [0.29, 0.717) is 11.2 Å². The topological polar surface area (TPSA) is 26.0 Å². The van der Waals surface area contributed by atoms with E-state index in [2.05, 4.69) is 54.9 Å². The number of nitrogens with two attached hydrogens (primary N) is 1. The van der Waals surface area contributed by atoms with Crippen molar-refractivity contribution in [1.29, 1.82) is 0 Å². The molecule has 0 amide bonds. The van der Waals surface area contributed by atoms with E-state index in [1.54, 1.807) is 0 Å². The first-order chi connectivity index (χ1) is 7.41. The third kappa shape index (κ3) is 3.79. The Bertz CT molecular complexity index is 350. The summed E-state index contributed by atoms with van der Waals surface area (Å²) in [5.74, 6) is 0.692. The van der Waals surface area contributed by atoms with Gasteiger partial charge in [-0.3, -0.25) is 0 Å². The number of hydrogen-bond donors (Lipinski definition) is 1. The molecule has 0 fully saturated rings. The first-order valence-corrected chi connectivity index (χ1v) is 7.30. The predicted molar refractivity (Wildman–Crippen MR) is 76.9 cm³/mol. The van der Waals surface area contributed by atoms with Gasteiger partial charge in [-0.1, -0.05) is 42.8 Å². The van der Waals surface area contributed by atoms with Crippen molar-refractivity contribution in [1.82, 2.24) is 0 Å². The molecule has 0 spiro atoms. The number of halogens is 1. The van der Waals surface area contributed by atoms with Crippen LogP contribution in [-0.4, -0.2) is 5.25 Å². The highest BCUT2D eigenvalue weighted by Crippen LogP contribution is 2.32. The van der Waals surface area contributed by atoms with Gasteiger partial charge in [0.25, 0.3) is 0 Å². The van der Waals surface area contributed by atoms with Gasteiger partial charge in [0, 0.05) is 20.7 Å². The quantitative estimate of drug-likeness (QED) is 0.822. The zero-order chi connectivity index (χ0) is 12.3. The number of rotatable bonds is 4. The van der Waals surface area contributed by atoms with Crippen molar-refractivity contribution >= 4 is 27.7 Å². The first-order valence-electron chi connectivity index (χ1n) is 5.63. The van der Waals surface area contributed by atoms with Gasteiger partial charge in [0.15, 0.2) is 0 Å². The third-order valence-electron chi connectivity index (χ3n) is 2.72. The first kappa shape index (κ1) is 14.1. The number of thioether (sulfide) groups is 1.